The molecule has 0 aliphatic heterocycles. The molecule has 3 N–H and O–H groups in total. The van der Waals surface area contributed by atoms with Crippen molar-refractivity contribution in [2.45, 2.75) is 6.92 Å². The average molecular weight is 395 g/mol. The van der Waals surface area contributed by atoms with Gasteiger partial charge >= 0.3 is 5.97 Å². The summed E-state index contributed by atoms with van der Waals surface area (Å²) in [5.74, 6) is -1.91. The van der Waals surface area contributed by atoms with Crippen LogP contribution in [0.3, 0.4) is 0 Å². The quantitative estimate of drug-likeness (QED) is 0.467. The maximum absolute atomic E-state index is 11.8. The van der Waals surface area contributed by atoms with E-state index < -0.39 is 24.4 Å². The standard InChI is InChI=1S/C21H21N3O5/c1-15(25)23-17-8-10-18(11-9-17)24-20(27)14-29-21(28)13-22-19(26)12-7-16-5-3-2-4-6-16/h2-12H,13-14H2,1H3,(H,22,26)(H,23,25)(H,24,27)/b12-7+. The van der Waals surface area contributed by atoms with Crippen LogP contribution in [-0.2, 0) is 23.9 Å². The molecule has 2 aromatic rings. The van der Waals surface area contributed by atoms with Crippen LogP contribution >= 0.6 is 0 Å². The monoisotopic (exact) mass is 395 g/mol. The molecule has 0 saturated carbocycles. The second-order valence-electron chi connectivity index (χ2n) is 5.93. The van der Waals surface area contributed by atoms with Crippen LogP contribution in [0.25, 0.3) is 6.08 Å². The first-order chi connectivity index (χ1) is 13.9. The summed E-state index contributed by atoms with van der Waals surface area (Å²) >= 11 is 0. The van der Waals surface area contributed by atoms with Crippen molar-refractivity contribution >= 4 is 41.1 Å². The maximum Gasteiger partial charge on any atom is 0.325 e. The SMILES string of the molecule is CC(=O)Nc1ccc(NC(=O)COC(=O)CNC(=O)/C=C/c2ccccc2)cc1. The Morgan fingerprint density at radius 2 is 1.52 bits per heavy atom. The Bertz CT molecular complexity index is 892. The van der Waals surface area contributed by atoms with E-state index in [4.69, 9.17) is 4.74 Å². The van der Waals surface area contributed by atoms with Crippen LogP contribution in [0.4, 0.5) is 11.4 Å². The van der Waals surface area contributed by atoms with E-state index >= 15 is 0 Å². The number of nitrogens with one attached hydrogen (secondary N) is 3. The lowest BCUT2D eigenvalue weighted by atomic mass is 10.2. The minimum atomic E-state index is -0.734. The second-order valence-corrected chi connectivity index (χ2v) is 5.93. The highest BCUT2D eigenvalue weighted by Crippen LogP contribution is 2.13. The fourth-order valence-corrected chi connectivity index (χ4v) is 2.19. The molecule has 8 nitrogen and oxygen atoms in total. The van der Waals surface area contributed by atoms with Gasteiger partial charge in [-0.3, -0.25) is 19.2 Å². The lowest BCUT2D eigenvalue weighted by Crippen LogP contribution is -2.31. The van der Waals surface area contributed by atoms with Gasteiger partial charge in [0.2, 0.25) is 11.8 Å². The Hall–Kier alpha value is -3.94. The first-order valence-corrected chi connectivity index (χ1v) is 8.76. The zero-order valence-electron chi connectivity index (χ0n) is 15.8. The predicted molar refractivity (Wildman–Crippen MR) is 109 cm³/mol. The average Bonchev–Trinajstić information content (AvgIpc) is 2.71. The lowest BCUT2D eigenvalue weighted by Gasteiger charge is -2.08. The van der Waals surface area contributed by atoms with Crippen molar-refractivity contribution in [3.63, 3.8) is 0 Å². The van der Waals surface area contributed by atoms with Gasteiger partial charge in [0.15, 0.2) is 6.61 Å². The van der Waals surface area contributed by atoms with E-state index in [2.05, 4.69) is 16.0 Å². The largest absolute Gasteiger partial charge is 0.454 e. The summed E-state index contributed by atoms with van der Waals surface area (Å²) < 4.78 is 4.82. The smallest absolute Gasteiger partial charge is 0.325 e. The minimum Gasteiger partial charge on any atom is -0.454 e. The molecule has 0 spiro atoms. The fourth-order valence-electron chi connectivity index (χ4n) is 2.19. The van der Waals surface area contributed by atoms with Crippen LogP contribution in [0.5, 0.6) is 0 Å². The van der Waals surface area contributed by atoms with E-state index in [1.165, 1.54) is 13.0 Å². The van der Waals surface area contributed by atoms with E-state index in [1.54, 1.807) is 30.3 Å². The summed E-state index contributed by atoms with van der Waals surface area (Å²) in [7, 11) is 0. The number of ether oxygens (including phenoxy) is 1. The molecule has 0 unspecified atom stereocenters. The van der Waals surface area contributed by atoms with Crippen molar-refractivity contribution in [2.24, 2.45) is 0 Å². The summed E-state index contributed by atoms with van der Waals surface area (Å²) in [6.07, 6.45) is 2.92. The number of benzene rings is 2. The van der Waals surface area contributed by atoms with Crippen LogP contribution < -0.4 is 16.0 Å². The van der Waals surface area contributed by atoms with Crippen LogP contribution in [0.1, 0.15) is 12.5 Å². The summed E-state index contributed by atoms with van der Waals surface area (Å²) in [6, 6.07) is 15.7. The summed E-state index contributed by atoms with van der Waals surface area (Å²) in [5.41, 5.74) is 1.94. The summed E-state index contributed by atoms with van der Waals surface area (Å²) in [5, 5.41) is 7.54. The number of carbonyl (C=O) groups is 4. The zero-order valence-corrected chi connectivity index (χ0v) is 15.8. The van der Waals surface area contributed by atoms with Crippen molar-refractivity contribution in [1.82, 2.24) is 5.32 Å². The molecule has 0 radical (unpaired) electrons. The van der Waals surface area contributed by atoms with Gasteiger partial charge in [-0.25, -0.2) is 0 Å². The van der Waals surface area contributed by atoms with Gasteiger partial charge in [0, 0.05) is 24.4 Å². The molecule has 0 fully saturated rings. The number of amides is 3. The van der Waals surface area contributed by atoms with Gasteiger partial charge in [-0.1, -0.05) is 30.3 Å². The van der Waals surface area contributed by atoms with Gasteiger partial charge in [0.25, 0.3) is 5.91 Å². The van der Waals surface area contributed by atoms with Crippen molar-refractivity contribution < 1.29 is 23.9 Å². The number of hydrogen-bond acceptors (Lipinski definition) is 5. The maximum atomic E-state index is 11.8. The fraction of sp³-hybridized carbons (Fsp3) is 0.143. The predicted octanol–water partition coefficient (Wildman–Crippen LogP) is 1.96. The molecule has 2 rings (SSSR count). The van der Waals surface area contributed by atoms with E-state index in [9.17, 15) is 19.2 Å². The van der Waals surface area contributed by atoms with Crippen LogP contribution in [0.2, 0.25) is 0 Å². The van der Waals surface area contributed by atoms with Gasteiger partial charge in [-0.2, -0.15) is 0 Å². The molecule has 8 heteroatoms. The normalized spacial score (nSPS) is 10.2. The highest BCUT2D eigenvalue weighted by atomic mass is 16.5. The molecule has 29 heavy (non-hydrogen) atoms. The molecule has 0 saturated heterocycles. The molecular formula is C21H21N3O5. The van der Waals surface area contributed by atoms with Crippen LogP contribution in [0.15, 0.2) is 60.7 Å². The molecule has 0 bridgehead atoms. The number of esters is 1. The second kappa shape index (κ2) is 11.0. The van der Waals surface area contributed by atoms with Crippen molar-refractivity contribution in [1.29, 1.82) is 0 Å². The van der Waals surface area contributed by atoms with E-state index in [0.717, 1.165) is 5.56 Å². The van der Waals surface area contributed by atoms with Crippen molar-refractivity contribution in [3.05, 3.63) is 66.2 Å². The Balaban J connectivity index is 1.67. The van der Waals surface area contributed by atoms with Crippen molar-refractivity contribution in [2.75, 3.05) is 23.8 Å². The molecule has 150 valence electrons. The molecule has 0 aliphatic carbocycles. The first kappa shape index (κ1) is 21.4. The third-order valence-corrected chi connectivity index (χ3v) is 3.49. The summed E-state index contributed by atoms with van der Waals surface area (Å²) in [4.78, 5) is 46.1. The third kappa shape index (κ3) is 8.53. The molecule has 2 aromatic carbocycles. The Kier molecular flexibility index (Phi) is 8.12. The Morgan fingerprint density at radius 3 is 2.14 bits per heavy atom. The van der Waals surface area contributed by atoms with Crippen molar-refractivity contribution in [3.8, 4) is 0 Å². The molecule has 3 amide bonds. The number of carbonyl (C=O) groups excluding carboxylic acids is 4. The lowest BCUT2D eigenvalue weighted by molar-refractivity contribution is -0.146. The highest BCUT2D eigenvalue weighted by Gasteiger charge is 2.09. The highest BCUT2D eigenvalue weighted by molar-refractivity contribution is 5.95. The van der Waals surface area contributed by atoms with Gasteiger partial charge in [-0.15, -0.1) is 0 Å². The third-order valence-electron chi connectivity index (χ3n) is 3.49. The van der Waals surface area contributed by atoms with Gasteiger partial charge in [-0.05, 0) is 35.9 Å². The number of anilines is 2. The van der Waals surface area contributed by atoms with Gasteiger partial charge < -0.3 is 20.7 Å². The van der Waals surface area contributed by atoms with Gasteiger partial charge in [0.05, 0.1) is 0 Å². The van der Waals surface area contributed by atoms with Crippen LogP contribution in [0, 0.1) is 0 Å². The molecule has 0 aromatic heterocycles. The van der Waals surface area contributed by atoms with E-state index in [-0.39, 0.29) is 12.5 Å². The van der Waals surface area contributed by atoms with E-state index in [1.807, 2.05) is 30.3 Å². The first-order valence-electron chi connectivity index (χ1n) is 8.76. The summed E-state index contributed by atoms with van der Waals surface area (Å²) in [6.45, 7) is 0.560. The Morgan fingerprint density at radius 1 is 0.897 bits per heavy atom. The number of rotatable bonds is 8. The molecule has 0 heterocycles. The number of hydrogen-bond donors (Lipinski definition) is 3. The topological polar surface area (TPSA) is 114 Å². The molecule has 0 atom stereocenters. The van der Waals surface area contributed by atoms with Gasteiger partial charge in [0.1, 0.15) is 6.54 Å². The molecular weight excluding hydrogens is 374 g/mol. The Labute approximate surface area is 167 Å². The molecule has 0 aliphatic rings. The zero-order chi connectivity index (χ0) is 21.1. The van der Waals surface area contributed by atoms with E-state index in [0.29, 0.717) is 11.4 Å². The minimum absolute atomic E-state index is 0.198. The van der Waals surface area contributed by atoms with Crippen LogP contribution in [-0.4, -0.2) is 36.8 Å².